The van der Waals surface area contributed by atoms with Crippen LogP contribution >= 0.6 is 0 Å². The molecule has 0 bridgehead atoms. The van der Waals surface area contributed by atoms with E-state index in [9.17, 15) is 13.2 Å². The predicted octanol–water partition coefficient (Wildman–Crippen LogP) is 1.28. The number of carbonyl (C=O) groups is 1. The number of nitrogens with zero attached hydrogens (tertiary/aromatic N) is 2. The van der Waals surface area contributed by atoms with Crippen molar-refractivity contribution in [2.24, 2.45) is 11.8 Å². The van der Waals surface area contributed by atoms with Gasteiger partial charge in [-0.3, -0.25) is 0 Å². The van der Waals surface area contributed by atoms with E-state index in [-0.39, 0.29) is 18.0 Å². The van der Waals surface area contributed by atoms with Gasteiger partial charge in [-0.15, -0.1) is 0 Å². The van der Waals surface area contributed by atoms with Gasteiger partial charge in [-0.1, -0.05) is 37.3 Å². The molecule has 126 valence electrons. The van der Waals surface area contributed by atoms with Crippen LogP contribution in [0.4, 0.5) is 4.79 Å². The zero-order valence-electron chi connectivity index (χ0n) is 13.5. The van der Waals surface area contributed by atoms with Crippen LogP contribution in [0.2, 0.25) is 0 Å². The average molecular weight is 337 g/mol. The van der Waals surface area contributed by atoms with Crippen molar-refractivity contribution < 1.29 is 13.2 Å². The van der Waals surface area contributed by atoms with Crippen molar-refractivity contribution in [1.29, 1.82) is 0 Å². The minimum absolute atomic E-state index is 0.0604. The molecule has 2 atom stereocenters. The fourth-order valence-electron chi connectivity index (χ4n) is 3.32. The molecule has 2 fully saturated rings. The molecule has 1 aromatic rings. The Balaban J connectivity index is 1.50. The van der Waals surface area contributed by atoms with E-state index in [0.29, 0.717) is 25.6 Å². The summed E-state index contributed by atoms with van der Waals surface area (Å²) in [5.74, 6) is 0.662. The molecule has 1 aromatic carbocycles. The Morgan fingerprint density at radius 1 is 1.22 bits per heavy atom. The maximum absolute atomic E-state index is 12.4. The molecule has 6 nitrogen and oxygen atoms in total. The topological polar surface area (TPSA) is 69.7 Å². The van der Waals surface area contributed by atoms with E-state index in [1.165, 1.54) is 10.6 Å². The molecule has 0 spiro atoms. The van der Waals surface area contributed by atoms with Crippen molar-refractivity contribution in [3.63, 3.8) is 0 Å². The maximum atomic E-state index is 12.4. The Labute approximate surface area is 137 Å². The van der Waals surface area contributed by atoms with E-state index in [2.05, 4.69) is 24.4 Å². The highest BCUT2D eigenvalue weighted by Crippen LogP contribution is 2.38. The number of carbonyl (C=O) groups excluding carboxylic acids is 1. The lowest BCUT2D eigenvalue weighted by Gasteiger charge is -2.47. The number of hydrogen-bond donors (Lipinski definition) is 1. The van der Waals surface area contributed by atoms with Crippen LogP contribution in [0.1, 0.15) is 18.5 Å². The zero-order chi connectivity index (χ0) is 16.6. The Bertz CT molecular complexity index is 671. The van der Waals surface area contributed by atoms with Crippen LogP contribution in [0.5, 0.6) is 0 Å². The first-order valence-electron chi connectivity index (χ1n) is 7.91. The third-order valence-electron chi connectivity index (χ3n) is 4.70. The zero-order valence-corrected chi connectivity index (χ0v) is 14.3. The summed E-state index contributed by atoms with van der Waals surface area (Å²) in [6, 6.07) is 10.1. The average Bonchev–Trinajstić information content (AvgIpc) is 2.42. The van der Waals surface area contributed by atoms with Crippen molar-refractivity contribution in [1.82, 2.24) is 14.5 Å². The van der Waals surface area contributed by atoms with Gasteiger partial charge in [0.15, 0.2) is 0 Å². The highest BCUT2D eigenvalue weighted by Gasteiger charge is 2.40. The van der Waals surface area contributed by atoms with E-state index in [4.69, 9.17) is 0 Å². The Kier molecular flexibility index (Phi) is 4.33. The van der Waals surface area contributed by atoms with E-state index in [1.54, 1.807) is 0 Å². The fourth-order valence-corrected chi connectivity index (χ4v) is 4.28. The van der Waals surface area contributed by atoms with Gasteiger partial charge in [-0.25, -0.2) is 17.5 Å². The van der Waals surface area contributed by atoms with Gasteiger partial charge in [0.2, 0.25) is 10.0 Å². The number of likely N-dealkylation sites (tertiary alicyclic amines) is 1. The molecule has 2 saturated heterocycles. The molecular weight excluding hydrogens is 314 g/mol. The predicted molar refractivity (Wildman–Crippen MR) is 88.4 cm³/mol. The van der Waals surface area contributed by atoms with Gasteiger partial charge in [0.05, 0.1) is 12.3 Å². The van der Waals surface area contributed by atoms with Crippen LogP contribution in [0, 0.1) is 11.8 Å². The van der Waals surface area contributed by atoms with Crippen molar-refractivity contribution in [3.05, 3.63) is 35.9 Å². The van der Waals surface area contributed by atoms with Gasteiger partial charge in [0.1, 0.15) is 0 Å². The van der Waals surface area contributed by atoms with Gasteiger partial charge >= 0.3 is 6.03 Å². The quantitative estimate of drug-likeness (QED) is 0.900. The molecule has 0 radical (unpaired) electrons. The van der Waals surface area contributed by atoms with E-state index in [1.807, 2.05) is 23.1 Å². The lowest BCUT2D eigenvalue weighted by molar-refractivity contribution is 0.0574. The molecule has 2 amide bonds. The van der Waals surface area contributed by atoms with Crippen molar-refractivity contribution >= 4 is 16.1 Å². The number of sulfonamides is 1. The summed E-state index contributed by atoms with van der Waals surface area (Å²) in [5, 5.41) is 2.94. The summed E-state index contributed by atoms with van der Waals surface area (Å²) in [7, 11) is -3.09. The second kappa shape index (κ2) is 6.13. The summed E-state index contributed by atoms with van der Waals surface area (Å²) in [6.07, 6.45) is 1.22. The number of urea groups is 1. The number of rotatable bonds is 4. The van der Waals surface area contributed by atoms with Crippen molar-refractivity contribution in [2.45, 2.75) is 13.0 Å². The first-order valence-corrected chi connectivity index (χ1v) is 9.75. The molecule has 7 heteroatoms. The van der Waals surface area contributed by atoms with E-state index < -0.39 is 10.0 Å². The standard InChI is InChI=1S/C16H23N3O3S/c1-12-9-19(15(12)14-6-4-3-5-7-14)16(20)17-8-13-10-18(11-13)23(2,21)22/h3-7,12-13,15H,8-11H2,1-2H3,(H,17,20)/t12-,15+/m1/s1. The molecule has 1 N–H and O–H groups in total. The van der Waals surface area contributed by atoms with Crippen molar-refractivity contribution in [3.8, 4) is 0 Å². The lowest BCUT2D eigenvalue weighted by Crippen LogP contribution is -2.58. The number of amides is 2. The van der Waals surface area contributed by atoms with Gasteiger partial charge < -0.3 is 10.2 Å². The summed E-state index contributed by atoms with van der Waals surface area (Å²) < 4.78 is 24.1. The minimum Gasteiger partial charge on any atom is -0.338 e. The molecule has 0 aromatic heterocycles. The van der Waals surface area contributed by atoms with Crippen LogP contribution in [0.15, 0.2) is 30.3 Å². The number of benzene rings is 1. The van der Waals surface area contributed by atoms with Gasteiger partial charge in [-0.05, 0) is 11.5 Å². The first-order chi connectivity index (χ1) is 10.9. The summed E-state index contributed by atoms with van der Waals surface area (Å²) in [5.41, 5.74) is 1.16. The van der Waals surface area contributed by atoms with Gasteiger partial charge in [0.25, 0.3) is 0 Å². The van der Waals surface area contributed by atoms with E-state index >= 15 is 0 Å². The Morgan fingerprint density at radius 2 is 1.87 bits per heavy atom. The second-order valence-corrected chi connectivity index (χ2v) is 8.60. The van der Waals surface area contributed by atoms with Crippen LogP contribution in [-0.4, -0.2) is 56.1 Å². The summed E-state index contributed by atoms with van der Waals surface area (Å²) in [4.78, 5) is 14.2. The monoisotopic (exact) mass is 337 g/mol. The Hall–Kier alpha value is -1.60. The number of hydrogen-bond acceptors (Lipinski definition) is 3. The van der Waals surface area contributed by atoms with Crippen LogP contribution in [0.3, 0.4) is 0 Å². The largest absolute Gasteiger partial charge is 0.338 e. The van der Waals surface area contributed by atoms with Crippen molar-refractivity contribution in [2.75, 3.05) is 32.4 Å². The SMILES string of the molecule is C[C@@H]1CN(C(=O)NCC2CN(S(C)(=O)=O)C2)[C@@H]1c1ccccc1. The third kappa shape index (κ3) is 3.35. The molecule has 0 aliphatic carbocycles. The van der Waals surface area contributed by atoms with Gasteiger partial charge in [0, 0.05) is 32.1 Å². The second-order valence-electron chi connectivity index (χ2n) is 6.62. The summed E-state index contributed by atoms with van der Waals surface area (Å²) in [6.45, 7) is 4.43. The van der Waals surface area contributed by atoms with Crippen LogP contribution in [-0.2, 0) is 10.0 Å². The molecule has 2 aliphatic heterocycles. The van der Waals surface area contributed by atoms with Crippen LogP contribution in [0.25, 0.3) is 0 Å². The fraction of sp³-hybridized carbons (Fsp3) is 0.562. The molecule has 3 rings (SSSR count). The smallest absolute Gasteiger partial charge is 0.317 e. The third-order valence-corrected chi connectivity index (χ3v) is 5.93. The molecular formula is C16H23N3O3S. The molecule has 2 heterocycles. The summed E-state index contributed by atoms with van der Waals surface area (Å²) >= 11 is 0. The Morgan fingerprint density at radius 3 is 2.43 bits per heavy atom. The molecule has 23 heavy (non-hydrogen) atoms. The van der Waals surface area contributed by atoms with Gasteiger partial charge in [-0.2, -0.15) is 0 Å². The van der Waals surface area contributed by atoms with E-state index in [0.717, 1.165) is 12.1 Å². The number of nitrogens with one attached hydrogen (secondary N) is 1. The lowest BCUT2D eigenvalue weighted by atomic mass is 9.85. The van der Waals surface area contributed by atoms with Crippen LogP contribution < -0.4 is 5.32 Å². The molecule has 0 unspecified atom stereocenters. The highest BCUT2D eigenvalue weighted by atomic mass is 32.2. The molecule has 0 saturated carbocycles. The maximum Gasteiger partial charge on any atom is 0.317 e. The normalized spacial score (nSPS) is 25.6. The highest BCUT2D eigenvalue weighted by molar-refractivity contribution is 7.88. The minimum atomic E-state index is -3.09. The first kappa shape index (κ1) is 16.3. The molecule has 2 aliphatic rings.